The molecule has 0 atom stereocenters. The van der Waals surface area contributed by atoms with E-state index in [4.69, 9.17) is 17.3 Å². The summed E-state index contributed by atoms with van der Waals surface area (Å²) in [5.74, 6) is -0.334. The minimum Gasteiger partial charge on any atom is -0.396 e. The van der Waals surface area contributed by atoms with E-state index in [2.05, 4.69) is 0 Å². The summed E-state index contributed by atoms with van der Waals surface area (Å²) in [7, 11) is -2.22. The van der Waals surface area contributed by atoms with E-state index in [1.165, 1.54) is 11.4 Å². The lowest BCUT2D eigenvalue weighted by Crippen LogP contribution is -2.31. The number of anilines is 1. The number of rotatable bonds is 4. The smallest absolute Gasteiger partial charge is 0.244 e. The highest BCUT2D eigenvalue weighted by atomic mass is 35.5. The van der Waals surface area contributed by atoms with Crippen LogP contribution in [0, 0.1) is 11.7 Å². The summed E-state index contributed by atoms with van der Waals surface area (Å²) in [6.45, 7) is 0.454. The predicted octanol–water partition coefficient (Wildman–Crippen LogP) is 2.87. The van der Waals surface area contributed by atoms with Gasteiger partial charge in [-0.1, -0.05) is 24.4 Å². The second-order valence-corrected chi connectivity index (χ2v) is 7.66. The van der Waals surface area contributed by atoms with Crippen molar-refractivity contribution in [3.63, 3.8) is 0 Å². The van der Waals surface area contributed by atoms with E-state index >= 15 is 0 Å². The highest BCUT2D eigenvalue weighted by molar-refractivity contribution is 7.89. The van der Waals surface area contributed by atoms with E-state index < -0.39 is 15.8 Å². The number of nitrogens with two attached hydrogens (primary N) is 1. The highest BCUT2D eigenvalue weighted by Gasteiger charge is 2.28. The Balaban J connectivity index is 2.27. The number of benzene rings is 1. The van der Waals surface area contributed by atoms with Crippen LogP contribution in [0.4, 0.5) is 10.1 Å². The Hall–Kier alpha value is -0.850. The molecular weight excluding hydrogens is 303 g/mol. The lowest BCUT2D eigenvalue weighted by Gasteiger charge is -2.21. The molecule has 1 aromatic carbocycles. The highest BCUT2D eigenvalue weighted by Crippen LogP contribution is 2.31. The van der Waals surface area contributed by atoms with Crippen LogP contribution in [0.5, 0.6) is 0 Å². The van der Waals surface area contributed by atoms with Crippen molar-refractivity contribution in [1.82, 2.24) is 4.31 Å². The van der Waals surface area contributed by atoms with Crippen LogP contribution >= 0.6 is 11.6 Å². The normalized spacial score (nSPS) is 17.0. The number of hydrogen-bond donors (Lipinski definition) is 1. The summed E-state index contributed by atoms with van der Waals surface area (Å²) in [6.07, 6.45) is 4.36. The Kier molecular flexibility index (Phi) is 4.56. The molecule has 0 bridgehead atoms. The lowest BCUT2D eigenvalue weighted by molar-refractivity contribution is 0.387. The molecule has 2 N–H and O–H groups in total. The first-order chi connectivity index (χ1) is 9.32. The first-order valence-electron chi connectivity index (χ1n) is 6.53. The summed E-state index contributed by atoms with van der Waals surface area (Å²) in [5, 5.41) is -0.144. The molecule has 0 heterocycles. The van der Waals surface area contributed by atoms with Gasteiger partial charge >= 0.3 is 0 Å². The first kappa shape index (κ1) is 15.5. The monoisotopic (exact) mass is 320 g/mol. The molecule has 1 aromatic rings. The van der Waals surface area contributed by atoms with Crippen LogP contribution in [0.1, 0.15) is 25.7 Å². The predicted molar refractivity (Wildman–Crippen MR) is 77.6 cm³/mol. The fraction of sp³-hybridized carbons (Fsp3) is 0.538. The molecule has 0 radical (unpaired) electrons. The van der Waals surface area contributed by atoms with E-state index in [1.54, 1.807) is 0 Å². The second kappa shape index (κ2) is 5.87. The Bertz CT molecular complexity index is 601. The van der Waals surface area contributed by atoms with Gasteiger partial charge in [0.15, 0.2) is 0 Å². The molecule has 0 aliphatic heterocycles. The van der Waals surface area contributed by atoms with Gasteiger partial charge < -0.3 is 5.73 Å². The molecule has 1 saturated carbocycles. The van der Waals surface area contributed by atoms with Crippen LogP contribution in [0.2, 0.25) is 5.02 Å². The van der Waals surface area contributed by atoms with Gasteiger partial charge in [-0.2, -0.15) is 0 Å². The molecule has 4 nitrogen and oxygen atoms in total. The van der Waals surface area contributed by atoms with E-state index in [0.29, 0.717) is 12.5 Å². The molecule has 2 rings (SSSR count). The van der Waals surface area contributed by atoms with Gasteiger partial charge in [-0.15, -0.1) is 0 Å². The minimum absolute atomic E-state index is 0.140. The van der Waals surface area contributed by atoms with Crippen molar-refractivity contribution in [3.05, 3.63) is 23.0 Å². The third-order valence-electron chi connectivity index (χ3n) is 3.73. The van der Waals surface area contributed by atoms with Crippen molar-refractivity contribution < 1.29 is 12.8 Å². The maximum Gasteiger partial charge on any atom is 0.244 e. The third kappa shape index (κ3) is 3.07. The minimum atomic E-state index is -3.74. The zero-order chi connectivity index (χ0) is 14.9. The largest absolute Gasteiger partial charge is 0.396 e. The fourth-order valence-electron chi connectivity index (χ4n) is 2.57. The maximum atomic E-state index is 13.3. The molecule has 0 unspecified atom stereocenters. The van der Waals surface area contributed by atoms with Crippen LogP contribution < -0.4 is 5.73 Å². The van der Waals surface area contributed by atoms with Crippen LogP contribution in [0.15, 0.2) is 17.0 Å². The van der Waals surface area contributed by atoms with Crippen molar-refractivity contribution in [2.45, 2.75) is 30.6 Å². The maximum absolute atomic E-state index is 13.3. The topological polar surface area (TPSA) is 63.4 Å². The molecule has 0 saturated heterocycles. The van der Waals surface area contributed by atoms with Crippen LogP contribution in [0.3, 0.4) is 0 Å². The first-order valence-corrected chi connectivity index (χ1v) is 8.35. The Morgan fingerprint density at radius 2 is 2.00 bits per heavy atom. The summed E-state index contributed by atoms with van der Waals surface area (Å²) in [4.78, 5) is -0.140. The lowest BCUT2D eigenvalue weighted by atomic mass is 10.1. The van der Waals surface area contributed by atoms with Gasteiger partial charge in [0, 0.05) is 13.6 Å². The van der Waals surface area contributed by atoms with Crippen LogP contribution in [-0.2, 0) is 10.0 Å². The van der Waals surface area contributed by atoms with Crippen molar-refractivity contribution in [2.24, 2.45) is 5.92 Å². The van der Waals surface area contributed by atoms with Gasteiger partial charge in [0.25, 0.3) is 0 Å². The average Bonchev–Trinajstić information content (AvgIpc) is 2.86. The summed E-state index contributed by atoms with van der Waals surface area (Å²) < 4.78 is 39.5. The molecule has 0 spiro atoms. The second-order valence-electron chi connectivity index (χ2n) is 5.24. The van der Waals surface area contributed by atoms with E-state index in [9.17, 15) is 12.8 Å². The van der Waals surface area contributed by atoms with Gasteiger partial charge in [0.1, 0.15) is 10.7 Å². The molecular formula is C13H18ClFN2O2S. The quantitative estimate of drug-likeness (QED) is 0.868. The Morgan fingerprint density at radius 3 is 2.60 bits per heavy atom. The molecule has 0 amide bonds. The number of nitrogens with zero attached hydrogens (tertiary/aromatic N) is 1. The molecule has 1 fully saturated rings. The molecule has 112 valence electrons. The molecule has 1 aliphatic carbocycles. The standard InChI is InChI=1S/C13H18ClFN2O2S/c1-17(8-9-4-2-3-5-9)20(18,19)13-7-12(16)11(15)6-10(13)14/h6-7,9H,2-5,8,16H2,1H3. The molecule has 0 aromatic heterocycles. The zero-order valence-corrected chi connectivity index (χ0v) is 12.8. The zero-order valence-electron chi connectivity index (χ0n) is 11.3. The Morgan fingerprint density at radius 1 is 1.40 bits per heavy atom. The van der Waals surface area contributed by atoms with Crippen LogP contribution in [-0.4, -0.2) is 26.3 Å². The van der Waals surface area contributed by atoms with Gasteiger partial charge in [0.2, 0.25) is 10.0 Å². The number of nitrogen functional groups attached to an aromatic ring is 1. The number of hydrogen-bond acceptors (Lipinski definition) is 3. The van der Waals surface area contributed by atoms with Crippen LogP contribution in [0.25, 0.3) is 0 Å². The van der Waals surface area contributed by atoms with E-state index in [0.717, 1.165) is 37.8 Å². The fourth-order valence-corrected chi connectivity index (χ4v) is 4.33. The number of sulfonamides is 1. The van der Waals surface area contributed by atoms with Gasteiger partial charge in [-0.3, -0.25) is 0 Å². The van der Waals surface area contributed by atoms with Gasteiger partial charge in [-0.05, 0) is 30.9 Å². The van der Waals surface area contributed by atoms with Crippen molar-refractivity contribution in [1.29, 1.82) is 0 Å². The average molecular weight is 321 g/mol. The van der Waals surface area contributed by atoms with E-state index in [-0.39, 0.29) is 15.6 Å². The molecule has 7 heteroatoms. The van der Waals surface area contributed by atoms with Crippen molar-refractivity contribution in [3.8, 4) is 0 Å². The summed E-state index contributed by atoms with van der Waals surface area (Å²) in [6, 6.07) is 2.02. The third-order valence-corrected chi connectivity index (χ3v) is 6.02. The van der Waals surface area contributed by atoms with Gasteiger partial charge in [-0.25, -0.2) is 17.1 Å². The van der Waals surface area contributed by atoms with E-state index in [1.807, 2.05) is 0 Å². The van der Waals surface area contributed by atoms with Crippen molar-refractivity contribution in [2.75, 3.05) is 19.3 Å². The molecule has 1 aliphatic rings. The van der Waals surface area contributed by atoms with Gasteiger partial charge in [0.05, 0.1) is 10.7 Å². The SMILES string of the molecule is CN(CC1CCCC1)S(=O)(=O)c1cc(N)c(F)cc1Cl. The molecule has 20 heavy (non-hydrogen) atoms. The van der Waals surface area contributed by atoms with Crippen molar-refractivity contribution >= 4 is 27.3 Å². The summed E-state index contributed by atoms with van der Waals surface area (Å²) >= 11 is 5.85. The summed E-state index contributed by atoms with van der Waals surface area (Å²) in [5.41, 5.74) is 5.21. The number of halogens is 2. The Labute approximate surface area is 123 Å².